The lowest BCUT2D eigenvalue weighted by Gasteiger charge is -2.21. The van der Waals surface area contributed by atoms with E-state index in [1.807, 2.05) is 84.9 Å². The van der Waals surface area contributed by atoms with Crippen molar-refractivity contribution in [2.75, 3.05) is 11.9 Å². The highest BCUT2D eigenvalue weighted by molar-refractivity contribution is 6.20. The predicted molar refractivity (Wildman–Crippen MR) is 131 cm³/mol. The van der Waals surface area contributed by atoms with Gasteiger partial charge in [-0.25, -0.2) is 4.99 Å². The largest absolute Gasteiger partial charge is 0.351 e. The van der Waals surface area contributed by atoms with Gasteiger partial charge in [-0.2, -0.15) is 0 Å². The fraction of sp³-hybridized carbons (Fsp3) is 0.185. The Hall–Kier alpha value is -4.26. The summed E-state index contributed by atoms with van der Waals surface area (Å²) in [6.07, 6.45) is -1.16. The van der Waals surface area contributed by atoms with Crippen molar-refractivity contribution in [2.24, 2.45) is 10.9 Å². The number of anilines is 1. The van der Waals surface area contributed by atoms with Crippen LogP contribution in [0.15, 0.2) is 89.9 Å². The van der Waals surface area contributed by atoms with Crippen molar-refractivity contribution in [1.29, 1.82) is 0 Å². The quantitative estimate of drug-likeness (QED) is 0.561. The number of hydrogen-bond acceptors (Lipinski definition) is 4. The van der Waals surface area contributed by atoms with Crippen LogP contribution in [0.5, 0.6) is 0 Å². The van der Waals surface area contributed by atoms with Crippen molar-refractivity contribution >= 4 is 29.1 Å². The lowest BCUT2D eigenvalue weighted by molar-refractivity contribution is -0.136. The molecule has 1 aliphatic heterocycles. The van der Waals surface area contributed by atoms with E-state index in [0.29, 0.717) is 17.9 Å². The van der Waals surface area contributed by atoms with Gasteiger partial charge in [-0.3, -0.25) is 14.4 Å². The SMILES string of the molecule is CC(C(=O)NCc1ccccc1)C(=O)NC1N=C(c2ccccc2)c2ccccc2N(C)C1=O. The Morgan fingerprint density at radius 3 is 2.24 bits per heavy atom. The molecule has 3 aromatic rings. The standard InChI is InChI=1S/C27H26N4O3/c1-18(25(32)28-17-19-11-5-3-6-12-19)26(33)30-24-27(34)31(2)22-16-10-9-15-21(22)23(29-24)20-13-7-4-8-14-20/h3-16,18,24H,17H2,1-2H3,(H,28,32)(H,30,33). The zero-order chi connectivity index (χ0) is 24.1. The van der Waals surface area contributed by atoms with Gasteiger partial charge in [0.15, 0.2) is 0 Å². The van der Waals surface area contributed by atoms with Crippen LogP contribution in [0.3, 0.4) is 0 Å². The number of carbonyl (C=O) groups excluding carboxylic acids is 3. The number of fused-ring (bicyclic) bond motifs is 1. The number of nitrogens with one attached hydrogen (secondary N) is 2. The highest BCUT2D eigenvalue weighted by atomic mass is 16.2. The minimum absolute atomic E-state index is 0.313. The van der Waals surface area contributed by atoms with Gasteiger partial charge in [-0.15, -0.1) is 0 Å². The second kappa shape index (κ2) is 10.1. The predicted octanol–water partition coefficient (Wildman–Crippen LogP) is 2.90. The van der Waals surface area contributed by atoms with Crippen molar-refractivity contribution in [3.05, 3.63) is 102 Å². The molecule has 7 heteroatoms. The molecule has 1 heterocycles. The van der Waals surface area contributed by atoms with Crippen molar-refractivity contribution in [1.82, 2.24) is 10.6 Å². The third kappa shape index (κ3) is 4.88. The third-order valence-electron chi connectivity index (χ3n) is 5.77. The van der Waals surface area contributed by atoms with Crippen LogP contribution in [0.2, 0.25) is 0 Å². The maximum atomic E-state index is 13.2. The number of nitrogens with zero attached hydrogens (tertiary/aromatic N) is 2. The molecular formula is C27H26N4O3. The first-order chi connectivity index (χ1) is 16.5. The number of benzodiazepines with no additional fused rings is 1. The molecule has 2 N–H and O–H groups in total. The van der Waals surface area contributed by atoms with Gasteiger partial charge in [-0.1, -0.05) is 78.9 Å². The van der Waals surface area contributed by atoms with Gasteiger partial charge in [0.1, 0.15) is 5.92 Å². The Morgan fingerprint density at radius 2 is 1.53 bits per heavy atom. The van der Waals surface area contributed by atoms with Crippen molar-refractivity contribution < 1.29 is 14.4 Å². The van der Waals surface area contributed by atoms with E-state index in [9.17, 15) is 14.4 Å². The Balaban J connectivity index is 1.56. The summed E-state index contributed by atoms with van der Waals surface area (Å²) in [7, 11) is 1.65. The van der Waals surface area contributed by atoms with Gasteiger partial charge >= 0.3 is 0 Å². The van der Waals surface area contributed by atoms with E-state index in [4.69, 9.17) is 0 Å². The summed E-state index contributed by atoms with van der Waals surface area (Å²) < 4.78 is 0. The topological polar surface area (TPSA) is 90.9 Å². The zero-order valence-corrected chi connectivity index (χ0v) is 19.1. The molecule has 2 atom stereocenters. The molecule has 4 rings (SSSR count). The molecular weight excluding hydrogens is 428 g/mol. The summed E-state index contributed by atoms with van der Waals surface area (Å²) in [5, 5.41) is 5.44. The van der Waals surface area contributed by atoms with E-state index in [2.05, 4.69) is 15.6 Å². The summed E-state index contributed by atoms with van der Waals surface area (Å²) in [6.45, 7) is 1.82. The molecule has 0 aliphatic carbocycles. The van der Waals surface area contributed by atoms with Gasteiger partial charge in [0, 0.05) is 24.7 Å². The van der Waals surface area contributed by atoms with Crippen LogP contribution in [-0.2, 0) is 20.9 Å². The number of amides is 3. The molecule has 2 unspecified atom stereocenters. The van der Waals surface area contributed by atoms with Crippen molar-refractivity contribution in [3.63, 3.8) is 0 Å². The van der Waals surface area contributed by atoms with Crippen LogP contribution >= 0.6 is 0 Å². The molecule has 172 valence electrons. The van der Waals surface area contributed by atoms with Gasteiger partial charge in [0.25, 0.3) is 5.91 Å². The van der Waals surface area contributed by atoms with Gasteiger partial charge < -0.3 is 15.5 Å². The number of aliphatic imine (C=N–C) groups is 1. The van der Waals surface area contributed by atoms with Crippen molar-refractivity contribution in [2.45, 2.75) is 19.6 Å². The normalized spacial score (nSPS) is 16.1. The number of para-hydroxylation sites is 1. The average molecular weight is 455 g/mol. The highest BCUT2D eigenvalue weighted by Crippen LogP contribution is 2.27. The first-order valence-electron chi connectivity index (χ1n) is 11.1. The summed E-state index contributed by atoms with van der Waals surface area (Å²) in [4.78, 5) is 44.9. The van der Waals surface area contributed by atoms with Crippen molar-refractivity contribution in [3.8, 4) is 0 Å². The van der Waals surface area contributed by atoms with E-state index in [0.717, 1.165) is 16.7 Å². The molecule has 0 saturated heterocycles. The summed E-state index contributed by atoms with van der Waals surface area (Å²) in [6, 6.07) is 26.4. The second-order valence-corrected chi connectivity index (χ2v) is 8.09. The molecule has 0 bridgehead atoms. The number of rotatable bonds is 6. The van der Waals surface area contributed by atoms with E-state index < -0.39 is 23.9 Å². The molecule has 0 aromatic heterocycles. The van der Waals surface area contributed by atoms with Gasteiger partial charge in [0.2, 0.25) is 18.0 Å². The first kappa shape index (κ1) is 22.9. The average Bonchev–Trinajstić information content (AvgIpc) is 2.98. The Morgan fingerprint density at radius 1 is 0.912 bits per heavy atom. The highest BCUT2D eigenvalue weighted by Gasteiger charge is 2.33. The molecule has 1 aliphatic rings. The summed E-state index contributed by atoms with van der Waals surface area (Å²) in [5.74, 6) is -2.38. The molecule has 0 spiro atoms. The smallest absolute Gasteiger partial charge is 0.272 e. The van der Waals surface area contributed by atoms with E-state index in [-0.39, 0.29) is 5.91 Å². The van der Waals surface area contributed by atoms with Gasteiger partial charge in [-0.05, 0) is 18.6 Å². The van der Waals surface area contributed by atoms with Crippen LogP contribution in [0.1, 0.15) is 23.6 Å². The third-order valence-corrected chi connectivity index (χ3v) is 5.77. The van der Waals surface area contributed by atoms with Gasteiger partial charge in [0.05, 0.1) is 11.4 Å². The number of likely N-dealkylation sites (N-methyl/N-ethyl adjacent to an activating group) is 1. The van der Waals surface area contributed by atoms with E-state index in [1.165, 1.54) is 11.8 Å². The Labute approximate surface area is 198 Å². The lowest BCUT2D eigenvalue weighted by Crippen LogP contribution is -2.49. The number of hydrogen-bond donors (Lipinski definition) is 2. The monoisotopic (exact) mass is 454 g/mol. The molecule has 34 heavy (non-hydrogen) atoms. The van der Waals surface area contributed by atoms with Crippen LogP contribution in [0.25, 0.3) is 0 Å². The first-order valence-corrected chi connectivity index (χ1v) is 11.1. The molecule has 0 fully saturated rings. The molecule has 3 aromatic carbocycles. The van der Waals surface area contributed by atoms with E-state index in [1.54, 1.807) is 7.05 Å². The van der Waals surface area contributed by atoms with E-state index >= 15 is 0 Å². The number of benzene rings is 3. The van der Waals surface area contributed by atoms with Crippen LogP contribution in [0, 0.1) is 5.92 Å². The maximum Gasteiger partial charge on any atom is 0.272 e. The van der Waals surface area contributed by atoms with Crippen LogP contribution in [-0.4, -0.2) is 36.6 Å². The Kier molecular flexibility index (Phi) is 6.82. The molecule has 0 radical (unpaired) electrons. The molecule has 7 nitrogen and oxygen atoms in total. The molecule has 0 saturated carbocycles. The number of carbonyl (C=O) groups is 3. The summed E-state index contributed by atoms with van der Waals surface area (Å²) in [5.41, 5.74) is 3.83. The Bertz CT molecular complexity index is 1220. The van der Waals surface area contributed by atoms with Crippen LogP contribution in [0.4, 0.5) is 5.69 Å². The lowest BCUT2D eigenvalue weighted by atomic mass is 10.0. The van der Waals surface area contributed by atoms with Crippen LogP contribution < -0.4 is 15.5 Å². The summed E-state index contributed by atoms with van der Waals surface area (Å²) >= 11 is 0. The minimum Gasteiger partial charge on any atom is -0.351 e. The fourth-order valence-electron chi connectivity index (χ4n) is 3.76. The molecule has 3 amide bonds. The zero-order valence-electron chi connectivity index (χ0n) is 19.1. The maximum absolute atomic E-state index is 13.2. The minimum atomic E-state index is -1.16. The second-order valence-electron chi connectivity index (χ2n) is 8.09. The fourth-order valence-corrected chi connectivity index (χ4v) is 3.76.